The van der Waals surface area contributed by atoms with Crippen molar-refractivity contribution in [3.63, 3.8) is 0 Å². The first-order valence-electron chi connectivity index (χ1n) is 30.9. The van der Waals surface area contributed by atoms with Gasteiger partial charge in [-0.2, -0.15) is 15.8 Å². The molecule has 12 rings (SSSR count). The third-order valence-electron chi connectivity index (χ3n) is 15.2. The predicted molar refractivity (Wildman–Crippen MR) is 387 cm³/mol. The summed E-state index contributed by atoms with van der Waals surface area (Å²) >= 11 is 0. The summed E-state index contributed by atoms with van der Waals surface area (Å²) in [5.41, 5.74) is 25.1. The van der Waals surface area contributed by atoms with Gasteiger partial charge >= 0.3 is 85.5 Å². The maximum Gasteiger partial charge on any atom is 2.00 e. The molecular weight excluding hydrogens is 1460 g/mol. The molecule has 0 saturated heterocycles. The summed E-state index contributed by atoms with van der Waals surface area (Å²) in [7, 11) is -14.5. The smallest absolute Gasteiger partial charge is 2.00 e. The van der Waals surface area contributed by atoms with Gasteiger partial charge in [-0.15, -0.1) is 0 Å². The van der Waals surface area contributed by atoms with Crippen molar-refractivity contribution in [2.45, 2.75) is 76.2 Å². The first kappa shape index (κ1) is 84.2. The molecule has 6 heterocycles. The molecule has 104 heavy (non-hydrogen) atoms. The first-order chi connectivity index (χ1) is 47.9. The van der Waals surface area contributed by atoms with Gasteiger partial charge in [0.1, 0.15) is 23.0 Å². The van der Waals surface area contributed by atoms with Gasteiger partial charge in [0.25, 0.3) is 0 Å². The summed E-state index contributed by atoms with van der Waals surface area (Å²) in [5.74, 6) is 3.47. The average molecular weight is 1530 g/mol. The van der Waals surface area contributed by atoms with Crippen molar-refractivity contribution in [3.05, 3.63) is 203 Å². The van der Waals surface area contributed by atoms with Crippen LogP contribution in [0, 0.1) is 89.4 Å². The Kier molecular flexibility index (Phi) is 26.3. The summed E-state index contributed by atoms with van der Waals surface area (Å²) in [4.78, 5) is 29.5. The Morgan fingerprint density at radius 3 is 0.712 bits per heavy atom. The zero-order valence-corrected chi connectivity index (χ0v) is 64.1. The van der Waals surface area contributed by atoms with Gasteiger partial charge in [-0.1, -0.05) is 48.5 Å². The number of rotatable bonds is 10. The molecule has 0 fully saturated rings. The minimum atomic E-state index is -10.7. The number of hydrogen-bond acceptors (Lipinski definition) is 13. The summed E-state index contributed by atoms with van der Waals surface area (Å²) in [6, 6.07) is 51.2. The van der Waals surface area contributed by atoms with Crippen LogP contribution in [0.5, 0.6) is 23.0 Å². The number of pyridine rings is 6. The number of ether oxygens (including phenoxy) is 4. The van der Waals surface area contributed by atoms with Crippen molar-refractivity contribution in [1.29, 1.82) is 15.8 Å². The van der Waals surface area contributed by atoms with Gasteiger partial charge in [-0.3, -0.25) is 19.9 Å². The van der Waals surface area contributed by atoms with Gasteiger partial charge in [-0.05, 0) is 207 Å². The first-order valence-corrected chi connectivity index (χ1v) is 34.9. The fourth-order valence-electron chi connectivity index (χ4n) is 11.5. The molecule has 0 N–H and O–H groups in total. The van der Waals surface area contributed by atoms with Crippen molar-refractivity contribution in [3.8, 4) is 108 Å². The van der Waals surface area contributed by atoms with Crippen LogP contribution in [-0.4, -0.2) is 58.3 Å². The van der Waals surface area contributed by atoms with E-state index < -0.39 is 15.6 Å². The van der Waals surface area contributed by atoms with Crippen LogP contribution in [0.4, 0.5) is 50.4 Å². The Hall–Kier alpha value is -10.4. The SMILES string of the molecule is CC#N.CC#N.CC#N.COc1cc(C)c(-c2ccc(-c3ccc4ccc5cc(-c6c(C)cc(OC)cc6C)cnc5c4n3)nc2)c(C)c1.COc1cc(C)c(-c2ccc(-c3ccc4ccc5cc(-c6c(C)cc(OC)cc6C)cnc5c4n3)nc2)c(C)c1.F[P-](F)(F)(F)(F)F.F[P-](F)(F)(F)(F)F.[Zn+2]. The zero-order valence-electron chi connectivity index (χ0n) is 59.3. The third kappa shape index (κ3) is 24.4. The van der Waals surface area contributed by atoms with Gasteiger partial charge < -0.3 is 18.9 Å². The molecule has 0 radical (unpaired) electrons. The number of nitrogens with zero attached hydrogens (tertiary/aromatic N) is 9. The van der Waals surface area contributed by atoms with Crippen LogP contribution >= 0.6 is 15.6 Å². The number of aromatic nitrogens is 6. The van der Waals surface area contributed by atoms with Gasteiger partial charge in [0.2, 0.25) is 0 Å². The van der Waals surface area contributed by atoms with Crippen molar-refractivity contribution in [1.82, 2.24) is 29.9 Å². The molecule has 0 aliphatic rings. The predicted octanol–water partition coefficient (Wildman–Crippen LogP) is 25.2. The second-order valence-corrected chi connectivity index (χ2v) is 27.1. The second kappa shape index (κ2) is 32.5. The molecule has 0 aliphatic carbocycles. The van der Waals surface area contributed by atoms with Crippen molar-refractivity contribution in [2.75, 3.05) is 28.4 Å². The molecule has 0 saturated carbocycles. The topological polar surface area (TPSA) is 186 Å². The monoisotopic (exact) mass is 1530 g/mol. The van der Waals surface area contributed by atoms with Crippen molar-refractivity contribution < 1.29 is 88.8 Å². The van der Waals surface area contributed by atoms with E-state index >= 15 is 0 Å². The molecular formula is C76H71F12N9O4P2Zn. The van der Waals surface area contributed by atoms with Gasteiger partial charge in [-0.25, -0.2) is 9.97 Å². The molecule has 6 aromatic heterocycles. The molecule has 0 atom stereocenters. The van der Waals surface area contributed by atoms with Gasteiger partial charge in [0, 0.05) is 89.4 Å². The van der Waals surface area contributed by atoms with E-state index in [-0.39, 0.29) is 19.5 Å². The fraction of sp³-hybridized carbons (Fsp3) is 0.197. The summed E-state index contributed by atoms with van der Waals surface area (Å²) < 4.78 is 140. The number of hydrogen-bond donors (Lipinski definition) is 0. The van der Waals surface area contributed by atoms with Crippen LogP contribution in [0.15, 0.2) is 158 Å². The van der Waals surface area contributed by atoms with Crippen molar-refractivity contribution in [2.24, 2.45) is 0 Å². The number of benzene rings is 6. The number of aryl methyl sites for hydroxylation is 8. The minimum Gasteiger partial charge on any atom is 2.00 e. The maximum atomic E-state index is 9.87. The average Bonchev–Trinajstić information content (AvgIpc) is 0.769. The van der Waals surface area contributed by atoms with Crippen LogP contribution < -0.4 is 18.9 Å². The number of halogens is 12. The summed E-state index contributed by atoms with van der Waals surface area (Å²) in [6.07, 6.45) is 7.75. The molecule has 0 bridgehead atoms. The van der Waals surface area contributed by atoms with E-state index in [9.17, 15) is 50.4 Å². The molecule has 28 heteroatoms. The van der Waals surface area contributed by atoms with E-state index in [1.807, 2.05) is 49.1 Å². The number of nitriles is 3. The normalized spacial score (nSPS) is 12.0. The summed E-state index contributed by atoms with van der Waals surface area (Å²) in [6.45, 7) is 21.1. The molecule has 0 spiro atoms. The largest absolute Gasteiger partial charge is 2.00 e. The molecule has 13 nitrogen and oxygen atoms in total. The quantitative estimate of drug-likeness (QED) is 0.0545. The number of methoxy groups -OCH3 is 4. The zero-order chi connectivity index (χ0) is 76.9. The van der Waals surface area contributed by atoms with E-state index in [0.29, 0.717) is 0 Å². The maximum absolute atomic E-state index is 10.7. The Morgan fingerprint density at radius 2 is 0.490 bits per heavy atom. The molecule has 540 valence electrons. The van der Waals surface area contributed by atoms with Crippen LogP contribution in [0.1, 0.15) is 65.3 Å². The van der Waals surface area contributed by atoms with Crippen LogP contribution in [0.2, 0.25) is 0 Å². The van der Waals surface area contributed by atoms with E-state index in [0.717, 1.165) is 156 Å². The molecule has 0 unspecified atom stereocenters. The van der Waals surface area contributed by atoms with Crippen LogP contribution in [-0.2, 0) is 19.5 Å². The van der Waals surface area contributed by atoms with Crippen LogP contribution in [0.3, 0.4) is 0 Å². The third-order valence-corrected chi connectivity index (χ3v) is 15.2. The van der Waals surface area contributed by atoms with E-state index in [4.69, 9.17) is 64.6 Å². The Balaban J connectivity index is 0.000000286. The second-order valence-electron chi connectivity index (χ2n) is 23.3. The van der Waals surface area contributed by atoms with Gasteiger partial charge in [0.15, 0.2) is 0 Å². The molecule has 6 aromatic carbocycles. The molecule has 0 amide bonds. The van der Waals surface area contributed by atoms with E-state index in [1.54, 1.807) is 46.6 Å². The van der Waals surface area contributed by atoms with Crippen molar-refractivity contribution >= 4 is 59.2 Å². The molecule has 0 aliphatic heterocycles. The Bertz CT molecular complexity index is 4820. The minimum absolute atomic E-state index is 0. The van der Waals surface area contributed by atoms with Crippen LogP contribution in [0.25, 0.3) is 111 Å². The summed E-state index contributed by atoms with van der Waals surface area (Å²) in [5, 5.41) is 26.2. The van der Waals surface area contributed by atoms with E-state index in [2.05, 4.69) is 165 Å². The van der Waals surface area contributed by atoms with E-state index in [1.165, 1.54) is 43.0 Å². The Labute approximate surface area is 606 Å². The fourth-order valence-corrected chi connectivity index (χ4v) is 11.5. The standard InChI is InChI=1S/2C35H31N3O2.3C2H3N.2F6P.Zn/c2*1-20-13-28(39-5)14-21(2)32(20)26-10-11-30(36-18-26)31-12-9-24-7-8-25-17-27(19-37-34(25)35(24)38-31)33-22(3)15-29(40-6)16-23(33)4;3*1-2-3;2*1-7(2,3,4,5)6;/h2*7-19H,1-6H3;3*1H3;;;/q;;;;;2*-1;+2. The Morgan fingerprint density at radius 1 is 0.288 bits per heavy atom. The molecule has 12 aromatic rings. The van der Waals surface area contributed by atoms with Gasteiger partial charge in [0.05, 0.1) is 91.5 Å². The number of fused-ring (bicyclic) bond motifs is 6.